The van der Waals surface area contributed by atoms with Crippen molar-refractivity contribution in [3.63, 3.8) is 0 Å². The summed E-state index contributed by atoms with van der Waals surface area (Å²) in [7, 11) is -3.97. The number of nitrogens with zero attached hydrogens (tertiary/aromatic N) is 1. The molecule has 1 saturated carbocycles. The molecule has 0 saturated heterocycles. The molecule has 8 heteroatoms. The van der Waals surface area contributed by atoms with Gasteiger partial charge in [0.1, 0.15) is 12.3 Å². The number of amides is 1. The third kappa shape index (κ3) is 7.20. The van der Waals surface area contributed by atoms with E-state index in [2.05, 4.69) is 5.32 Å². The number of hydrogen-bond donors (Lipinski definition) is 1. The number of benzene rings is 2. The van der Waals surface area contributed by atoms with E-state index in [1.807, 2.05) is 6.92 Å². The second kappa shape index (κ2) is 12.6. The van der Waals surface area contributed by atoms with Gasteiger partial charge in [-0.3, -0.25) is 9.10 Å². The highest BCUT2D eigenvalue weighted by Gasteiger charge is 2.29. The van der Waals surface area contributed by atoms with Gasteiger partial charge in [0.05, 0.1) is 23.3 Å². The van der Waals surface area contributed by atoms with Crippen molar-refractivity contribution in [1.29, 1.82) is 0 Å². The van der Waals surface area contributed by atoms with Gasteiger partial charge in [-0.2, -0.15) is 0 Å². The van der Waals surface area contributed by atoms with Crippen molar-refractivity contribution in [3.05, 3.63) is 54.6 Å². The number of anilines is 1. The topological polar surface area (TPSA) is 84.9 Å². The molecule has 0 radical (unpaired) electrons. The van der Waals surface area contributed by atoms with Gasteiger partial charge in [0.25, 0.3) is 10.0 Å². The Balaban J connectivity index is 1.66. The predicted octanol–water partition coefficient (Wildman–Crippen LogP) is 4.14. The van der Waals surface area contributed by atoms with Crippen LogP contribution in [0.1, 0.15) is 45.4 Å². The summed E-state index contributed by atoms with van der Waals surface area (Å²) in [5, 5.41) is 2.83. The third-order valence-corrected chi connectivity index (χ3v) is 7.38. The van der Waals surface area contributed by atoms with Crippen LogP contribution < -0.4 is 14.4 Å². The summed E-state index contributed by atoms with van der Waals surface area (Å²) in [6.07, 6.45) is 6.95. The highest BCUT2D eigenvalue weighted by atomic mass is 32.2. The number of ether oxygens (including phenoxy) is 2. The molecule has 0 spiro atoms. The summed E-state index contributed by atoms with van der Waals surface area (Å²) < 4.78 is 39.5. The van der Waals surface area contributed by atoms with E-state index in [0.717, 1.165) is 17.1 Å². The molecular formula is C25H34N2O5S. The molecule has 0 unspecified atom stereocenters. The monoisotopic (exact) mass is 474 g/mol. The van der Waals surface area contributed by atoms with Crippen molar-refractivity contribution in [2.24, 2.45) is 0 Å². The maximum absolute atomic E-state index is 13.4. The predicted molar refractivity (Wildman–Crippen MR) is 129 cm³/mol. The molecule has 33 heavy (non-hydrogen) atoms. The molecule has 180 valence electrons. The lowest BCUT2D eigenvalue weighted by molar-refractivity contribution is -0.119. The van der Waals surface area contributed by atoms with Crippen molar-refractivity contribution >= 4 is 21.6 Å². The Hall–Kier alpha value is -2.58. The number of nitrogens with one attached hydrogen (secondary N) is 1. The molecule has 2 aromatic carbocycles. The second-order valence-electron chi connectivity index (χ2n) is 8.06. The van der Waals surface area contributed by atoms with Gasteiger partial charge < -0.3 is 14.8 Å². The lowest BCUT2D eigenvalue weighted by atomic mass is 9.98. The summed E-state index contributed by atoms with van der Waals surface area (Å²) in [5.74, 6) is 0.0339. The normalized spacial score (nSPS) is 14.6. The van der Waals surface area contributed by atoms with Crippen LogP contribution in [0.25, 0.3) is 0 Å². The summed E-state index contributed by atoms with van der Waals surface area (Å²) in [5.41, 5.74) is 0.332. The van der Waals surface area contributed by atoms with Crippen LogP contribution in [0.3, 0.4) is 0 Å². The van der Waals surface area contributed by atoms with E-state index in [4.69, 9.17) is 9.47 Å². The average molecular weight is 475 g/mol. The van der Waals surface area contributed by atoms with Crippen LogP contribution >= 0.6 is 0 Å². The van der Waals surface area contributed by atoms with Gasteiger partial charge in [-0.1, -0.05) is 49.6 Å². The van der Waals surface area contributed by atoms with Crippen molar-refractivity contribution in [2.75, 3.05) is 30.6 Å². The minimum atomic E-state index is -3.97. The lowest BCUT2D eigenvalue weighted by Crippen LogP contribution is -2.41. The minimum absolute atomic E-state index is 0.116. The molecular weight excluding hydrogens is 440 g/mol. The van der Waals surface area contributed by atoms with Gasteiger partial charge in [-0.05, 0) is 50.5 Å². The number of sulfonamides is 1. The highest BCUT2D eigenvalue weighted by molar-refractivity contribution is 7.92. The summed E-state index contributed by atoms with van der Waals surface area (Å²) >= 11 is 0. The van der Waals surface area contributed by atoms with Gasteiger partial charge in [0.2, 0.25) is 5.91 Å². The summed E-state index contributed by atoms with van der Waals surface area (Å²) in [4.78, 5) is 12.9. The van der Waals surface area contributed by atoms with Gasteiger partial charge in [-0.25, -0.2) is 8.42 Å². The quantitative estimate of drug-likeness (QED) is 0.468. The van der Waals surface area contributed by atoms with Crippen LogP contribution in [0, 0.1) is 0 Å². The number of hydrogen-bond acceptors (Lipinski definition) is 5. The molecule has 1 aliphatic carbocycles. The molecule has 1 N–H and O–H groups in total. The Morgan fingerprint density at radius 1 is 1.03 bits per heavy atom. The molecule has 0 aromatic heterocycles. The van der Waals surface area contributed by atoms with E-state index >= 15 is 0 Å². The summed E-state index contributed by atoms with van der Waals surface area (Å²) in [6, 6.07) is 15.0. The maximum atomic E-state index is 13.4. The lowest BCUT2D eigenvalue weighted by Gasteiger charge is -2.26. The van der Waals surface area contributed by atoms with Crippen LogP contribution in [-0.4, -0.2) is 46.7 Å². The molecule has 3 rings (SSSR count). The molecule has 1 amide bonds. The Labute approximate surface area is 197 Å². The van der Waals surface area contributed by atoms with Crippen LogP contribution in [0.15, 0.2) is 59.5 Å². The molecule has 2 aromatic rings. The zero-order valence-corrected chi connectivity index (χ0v) is 20.1. The van der Waals surface area contributed by atoms with Crippen molar-refractivity contribution in [3.8, 4) is 5.75 Å². The van der Waals surface area contributed by atoms with Crippen LogP contribution in [0.2, 0.25) is 0 Å². The molecule has 1 fully saturated rings. The standard InChI is InChI=1S/C25H34N2O5S/c1-2-31-24-17-10-9-16-23(24)27(33(29,30)22-14-7-4-8-15-22)20-25(28)26-18-11-19-32-21-12-5-3-6-13-21/h4,7-10,14-17,21H,2-3,5-6,11-13,18-20H2,1H3,(H,26,28). The Morgan fingerprint density at radius 2 is 1.73 bits per heavy atom. The number of rotatable bonds is 12. The number of carbonyl (C=O) groups is 1. The Morgan fingerprint density at radius 3 is 2.45 bits per heavy atom. The molecule has 0 aliphatic heterocycles. The van der Waals surface area contributed by atoms with E-state index in [-0.39, 0.29) is 17.3 Å². The zero-order chi connectivity index (χ0) is 23.5. The zero-order valence-electron chi connectivity index (χ0n) is 19.2. The van der Waals surface area contributed by atoms with Crippen molar-refractivity contribution in [1.82, 2.24) is 5.32 Å². The first-order valence-corrected chi connectivity index (χ1v) is 13.1. The fourth-order valence-electron chi connectivity index (χ4n) is 3.93. The van der Waals surface area contributed by atoms with Gasteiger partial charge in [-0.15, -0.1) is 0 Å². The van der Waals surface area contributed by atoms with E-state index in [1.165, 1.54) is 31.4 Å². The van der Waals surface area contributed by atoms with Crippen molar-refractivity contribution < 1.29 is 22.7 Å². The average Bonchev–Trinajstić information content (AvgIpc) is 2.84. The SMILES string of the molecule is CCOc1ccccc1N(CC(=O)NCCCOC1CCCCC1)S(=O)(=O)c1ccccc1. The first-order valence-electron chi connectivity index (χ1n) is 11.7. The van der Waals surface area contributed by atoms with E-state index < -0.39 is 10.0 Å². The van der Waals surface area contributed by atoms with Gasteiger partial charge in [0, 0.05) is 13.2 Å². The molecule has 1 aliphatic rings. The maximum Gasteiger partial charge on any atom is 0.264 e. The largest absolute Gasteiger partial charge is 0.492 e. The Kier molecular flexibility index (Phi) is 9.57. The highest BCUT2D eigenvalue weighted by Crippen LogP contribution is 2.32. The minimum Gasteiger partial charge on any atom is -0.492 e. The molecule has 0 atom stereocenters. The second-order valence-corrected chi connectivity index (χ2v) is 9.92. The fraction of sp³-hybridized carbons (Fsp3) is 0.480. The van der Waals surface area contributed by atoms with Crippen molar-refractivity contribution in [2.45, 2.75) is 56.4 Å². The van der Waals surface area contributed by atoms with Crippen LogP contribution in [0.4, 0.5) is 5.69 Å². The summed E-state index contributed by atoms with van der Waals surface area (Å²) in [6.45, 7) is 2.88. The number of para-hydroxylation sites is 2. The van der Waals surface area contributed by atoms with Crippen LogP contribution in [-0.2, 0) is 19.6 Å². The first kappa shape index (κ1) is 25.1. The molecule has 0 heterocycles. The van der Waals surface area contributed by atoms with E-state index in [9.17, 15) is 13.2 Å². The van der Waals surface area contributed by atoms with Gasteiger partial charge >= 0.3 is 0 Å². The van der Waals surface area contributed by atoms with E-state index in [1.54, 1.807) is 42.5 Å². The molecule has 0 bridgehead atoms. The smallest absolute Gasteiger partial charge is 0.264 e. The van der Waals surface area contributed by atoms with Gasteiger partial charge in [0.15, 0.2) is 0 Å². The molecule has 7 nitrogen and oxygen atoms in total. The van der Waals surface area contributed by atoms with E-state index in [0.29, 0.717) is 43.7 Å². The van der Waals surface area contributed by atoms with Crippen LogP contribution in [0.5, 0.6) is 5.75 Å². The number of carbonyl (C=O) groups excluding carboxylic acids is 1. The Bertz CT molecular complexity index is 975. The third-order valence-electron chi connectivity index (χ3n) is 5.60. The first-order chi connectivity index (χ1) is 16.0. The fourth-order valence-corrected chi connectivity index (χ4v) is 5.38.